The van der Waals surface area contributed by atoms with Crippen LogP contribution < -0.4 is 0 Å². The van der Waals surface area contributed by atoms with E-state index in [1.807, 2.05) is 70.2 Å². The Labute approximate surface area is 191 Å². The second-order valence-electron chi connectivity index (χ2n) is 8.42. The normalized spacial score (nSPS) is 17.3. The summed E-state index contributed by atoms with van der Waals surface area (Å²) in [5, 5.41) is 0.568. The summed E-state index contributed by atoms with van der Waals surface area (Å²) < 4.78 is 6.68. The van der Waals surface area contributed by atoms with E-state index in [1.54, 1.807) is 11.0 Å². The van der Waals surface area contributed by atoms with Gasteiger partial charge in [0.15, 0.2) is 0 Å². The van der Waals surface area contributed by atoms with E-state index in [0.29, 0.717) is 22.8 Å². The first-order chi connectivity index (χ1) is 14.0. The van der Waals surface area contributed by atoms with E-state index in [1.165, 1.54) is 0 Å². The molecule has 0 bridgehead atoms. The fraction of sp³-hybridized carbons (Fsp3) is 0.333. The molecule has 0 N–H and O–H groups in total. The lowest BCUT2D eigenvalue weighted by Crippen LogP contribution is -2.39. The molecule has 2 aromatic carbocycles. The highest BCUT2D eigenvalue weighted by Crippen LogP contribution is 2.39. The molecule has 0 aliphatic carbocycles. The molecule has 158 valence electrons. The molecule has 4 nitrogen and oxygen atoms in total. The van der Waals surface area contributed by atoms with Gasteiger partial charge in [0.1, 0.15) is 5.60 Å². The molecular formula is C24H25BrClNO3. The first kappa shape index (κ1) is 22.6. The van der Waals surface area contributed by atoms with Crippen LogP contribution in [0.2, 0.25) is 5.02 Å². The topological polar surface area (TPSA) is 46.6 Å². The van der Waals surface area contributed by atoms with E-state index < -0.39 is 17.5 Å². The number of nitrogens with zero attached hydrogens (tertiary/aromatic N) is 1. The van der Waals surface area contributed by atoms with Crippen LogP contribution in [0.25, 0.3) is 0 Å². The Balaban J connectivity index is 2.04. The minimum atomic E-state index is -0.638. The molecule has 1 aliphatic heterocycles. The van der Waals surface area contributed by atoms with E-state index in [9.17, 15) is 9.59 Å². The van der Waals surface area contributed by atoms with E-state index >= 15 is 0 Å². The Morgan fingerprint density at radius 3 is 2.47 bits per heavy atom. The first-order valence-corrected chi connectivity index (χ1v) is 11.0. The number of allylic oxidation sites excluding steroid dienone is 1. The quantitative estimate of drug-likeness (QED) is 0.477. The van der Waals surface area contributed by atoms with Crippen LogP contribution >= 0.6 is 27.5 Å². The number of ether oxygens (including phenoxy) is 1. The number of carbonyl (C=O) groups is 2. The van der Waals surface area contributed by atoms with Crippen molar-refractivity contribution in [2.75, 3.05) is 0 Å². The van der Waals surface area contributed by atoms with Crippen molar-refractivity contribution in [1.82, 2.24) is 4.90 Å². The zero-order valence-electron chi connectivity index (χ0n) is 17.5. The maximum atomic E-state index is 13.2. The molecule has 1 atom stereocenters. The summed E-state index contributed by atoms with van der Waals surface area (Å²) >= 11 is 9.62. The Hall–Kier alpha value is -2.11. The van der Waals surface area contributed by atoms with E-state index in [4.69, 9.17) is 16.3 Å². The van der Waals surface area contributed by atoms with Crippen LogP contribution in [0.5, 0.6) is 0 Å². The van der Waals surface area contributed by atoms with Gasteiger partial charge in [-0.1, -0.05) is 51.8 Å². The highest BCUT2D eigenvalue weighted by molar-refractivity contribution is 9.10. The summed E-state index contributed by atoms with van der Waals surface area (Å²) in [6.45, 7) is 7.72. The lowest BCUT2D eigenvalue weighted by Gasteiger charge is -2.35. The van der Waals surface area contributed by atoms with Crippen LogP contribution in [-0.2, 0) is 20.9 Å². The number of benzene rings is 2. The summed E-state index contributed by atoms with van der Waals surface area (Å²) in [6, 6.07) is 15.1. The molecule has 1 aliphatic rings. The summed E-state index contributed by atoms with van der Waals surface area (Å²) in [7, 11) is 0. The van der Waals surface area contributed by atoms with Gasteiger partial charge in [-0.15, -0.1) is 0 Å². The van der Waals surface area contributed by atoms with Gasteiger partial charge in [-0.25, -0.2) is 4.79 Å². The van der Waals surface area contributed by atoms with Gasteiger partial charge >= 0.3 is 5.97 Å². The second kappa shape index (κ2) is 8.94. The zero-order chi connectivity index (χ0) is 22.1. The second-order valence-corrected chi connectivity index (χ2v) is 9.77. The van der Waals surface area contributed by atoms with Crippen molar-refractivity contribution in [2.45, 2.75) is 52.2 Å². The predicted molar refractivity (Wildman–Crippen MR) is 122 cm³/mol. The minimum Gasteiger partial charge on any atom is -0.457 e. The Kier molecular flexibility index (Phi) is 6.73. The average Bonchev–Trinajstić information content (AvgIpc) is 2.64. The van der Waals surface area contributed by atoms with Crippen molar-refractivity contribution < 1.29 is 14.3 Å². The Morgan fingerprint density at radius 2 is 1.87 bits per heavy atom. The smallest absolute Gasteiger partial charge is 0.336 e. The van der Waals surface area contributed by atoms with Crippen molar-refractivity contribution in [3.05, 3.63) is 80.4 Å². The predicted octanol–water partition coefficient (Wildman–Crippen LogP) is 6.23. The van der Waals surface area contributed by atoms with Crippen LogP contribution in [0, 0.1) is 0 Å². The lowest BCUT2D eigenvalue weighted by atomic mass is 9.83. The molecule has 0 aromatic heterocycles. The fourth-order valence-electron chi connectivity index (χ4n) is 3.58. The molecule has 30 heavy (non-hydrogen) atoms. The van der Waals surface area contributed by atoms with Crippen molar-refractivity contribution in [2.24, 2.45) is 0 Å². The monoisotopic (exact) mass is 489 g/mol. The minimum absolute atomic E-state index is 0.0345. The maximum Gasteiger partial charge on any atom is 0.336 e. The van der Waals surface area contributed by atoms with Crippen LogP contribution in [0.1, 0.15) is 51.2 Å². The van der Waals surface area contributed by atoms with Gasteiger partial charge in [0.2, 0.25) is 5.91 Å². The van der Waals surface area contributed by atoms with Gasteiger partial charge < -0.3 is 9.64 Å². The Morgan fingerprint density at radius 1 is 1.20 bits per heavy atom. The van der Waals surface area contributed by atoms with Gasteiger partial charge in [-0.05, 0) is 63.1 Å². The molecule has 6 heteroatoms. The Bertz CT molecular complexity index is 992. The van der Waals surface area contributed by atoms with Crippen LogP contribution in [-0.4, -0.2) is 22.4 Å². The molecule has 2 aromatic rings. The third-order valence-corrected chi connectivity index (χ3v) is 5.71. The molecule has 0 spiro atoms. The lowest BCUT2D eigenvalue weighted by molar-refractivity contribution is -0.150. The molecule has 0 saturated carbocycles. The highest BCUT2D eigenvalue weighted by Gasteiger charge is 2.38. The summed E-state index contributed by atoms with van der Waals surface area (Å²) in [6.07, 6.45) is 0.183. The average molecular weight is 491 g/mol. The summed E-state index contributed by atoms with van der Waals surface area (Å²) in [5.41, 5.74) is 2.30. The van der Waals surface area contributed by atoms with Gasteiger partial charge in [0, 0.05) is 27.5 Å². The molecule has 0 unspecified atom stereocenters. The fourth-order valence-corrected chi connectivity index (χ4v) is 4.04. The van der Waals surface area contributed by atoms with Crippen LogP contribution in [0.4, 0.5) is 0 Å². The number of carbonyl (C=O) groups excluding carboxylic acids is 2. The summed E-state index contributed by atoms with van der Waals surface area (Å²) in [5.74, 6) is -0.835. The number of rotatable bonds is 4. The van der Waals surface area contributed by atoms with Gasteiger partial charge in [-0.2, -0.15) is 0 Å². The number of hydrogen-bond donors (Lipinski definition) is 0. The van der Waals surface area contributed by atoms with E-state index in [0.717, 1.165) is 15.6 Å². The largest absolute Gasteiger partial charge is 0.457 e. The molecule has 1 amide bonds. The van der Waals surface area contributed by atoms with Crippen LogP contribution in [0.15, 0.2) is 64.3 Å². The SMILES string of the molecule is CC1=C(C(=O)OC(C)(C)C)[C@H](c2cccc(Cl)c2)CC(=O)N1Cc1ccc(Br)cc1. The molecule has 3 rings (SSSR count). The number of hydrogen-bond acceptors (Lipinski definition) is 3. The molecular weight excluding hydrogens is 466 g/mol. The third-order valence-electron chi connectivity index (χ3n) is 4.95. The van der Waals surface area contributed by atoms with Gasteiger partial charge in [0.25, 0.3) is 0 Å². The number of esters is 1. The third kappa shape index (κ3) is 5.32. The number of halogens is 2. The molecule has 1 heterocycles. The molecule has 0 fully saturated rings. The van der Waals surface area contributed by atoms with Crippen molar-refractivity contribution in [3.8, 4) is 0 Å². The number of amides is 1. The first-order valence-electron chi connectivity index (χ1n) is 9.79. The molecule has 0 saturated heterocycles. The maximum absolute atomic E-state index is 13.2. The van der Waals surface area contributed by atoms with Gasteiger partial charge in [-0.3, -0.25) is 4.79 Å². The highest BCUT2D eigenvalue weighted by atomic mass is 79.9. The van der Waals surface area contributed by atoms with Crippen molar-refractivity contribution >= 4 is 39.4 Å². The standard InChI is InChI=1S/C24H25BrClNO3/c1-15-22(23(29)30-24(2,3)4)20(17-6-5-7-19(26)12-17)13-21(28)27(15)14-16-8-10-18(25)11-9-16/h5-12,20H,13-14H2,1-4H3/t20-/m0/s1. The van der Waals surface area contributed by atoms with E-state index in [2.05, 4.69) is 15.9 Å². The zero-order valence-corrected chi connectivity index (χ0v) is 19.9. The van der Waals surface area contributed by atoms with E-state index in [-0.39, 0.29) is 12.3 Å². The van der Waals surface area contributed by atoms with Crippen LogP contribution in [0.3, 0.4) is 0 Å². The van der Waals surface area contributed by atoms with Crippen molar-refractivity contribution in [1.29, 1.82) is 0 Å². The van der Waals surface area contributed by atoms with Gasteiger partial charge in [0.05, 0.1) is 12.1 Å². The van der Waals surface area contributed by atoms with Crippen molar-refractivity contribution in [3.63, 3.8) is 0 Å². The summed E-state index contributed by atoms with van der Waals surface area (Å²) in [4.78, 5) is 28.0. The molecule has 0 radical (unpaired) electrons.